The molecule has 220 valence electrons. The number of rotatable bonds is 13. The third-order valence-electron chi connectivity index (χ3n) is 6.34. The van der Waals surface area contributed by atoms with Gasteiger partial charge < -0.3 is 19.7 Å². The van der Waals surface area contributed by atoms with Gasteiger partial charge in [-0.2, -0.15) is 0 Å². The van der Waals surface area contributed by atoms with Gasteiger partial charge in [0.15, 0.2) is 0 Å². The molecule has 3 aromatic carbocycles. The Morgan fingerprint density at radius 2 is 1.68 bits per heavy atom. The number of hydrogen-bond acceptors (Lipinski definition) is 6. The van der Waals surface area contributed by atoms with Crippen molar-refractivity contribution in [2.24, 2.45) is 0 Å². The minimum Gasteiger partial charge on any atom is -0.497 e. The van der Waals surface area contributed by atoms with Crippen molar-refractivity contribution in [1.82, 2.24) is 10.2 Å². The van der Waals surface area contributed by atoms with Crippen LogP contribution in [0.5, 0.6) is 11.5 Å². The average Bonchev–Trinajstić information content (AvgIpc) is 2.97. The zero-order valence-corrected chi connectivity index (χ0v) is 25.6. The molecular weight excluding hydrogens is 589 g/mol. The van der Waals surface area contributed by atoms with Crippen LogP contribution in [0.3, 0.4) is 0 Å². The molecule has 0 aliphatic carbocycles. The Labute approximate surface area is 251 Å². The van der Waals surface area contributed by atoms with E-state index in [1.807, 2.05) is 6.92 Å². The van der Waals surface area contributed by atoms with Gasteiger partial charge in [-0.05, 0) is 55.3 Å². The van der Waals surface area contributed by atoms with E-state index in [1.165, 1.54) is 43.4 Å². The monoisotopic (exact) mass is 621 g/mol. The number of anilines is 1. The SMILES string of the molecule is CCCNC(=O)[C@@H](C)N(Cc1ccc(Cl)cc1Cl)C(=O)CN(c1cc(OC)ccc1OC)S(=O)(=O)c1ccccc1. The second kappa shape index (κ2) is 14.4. The first-order valence-corrected chi connectivity index (χ1v) is 15.0. The number of halogens is 2. The molecule has 0 radical (unpaired) electrons. The lowest BCUT2D eigenvalue weighted by molar-refractivity contribution is -0.139. The number of ether oxygens (including phenoxy) is 2. The fraction of sp³-hybridized carbons (Fsp3) is 0.310. The van der Waals surface area contributed by atoms with Crippen molar-refractivity contribution in [2.75, 3.05) is 31.6 Å². The molecule has 12 heteroatoms. The highest BCUT2D eigenvalue weighted by atomic mass is 35.5. The van der Waals surface area contributed by atoms with E-state index in [1.54, 1.807) is 49.4 Å². The summed E-state index contributed by atoms with van der Waals surface area (Å²) in [5.74, 6) is -0.459. The fourth-order valence-electron chi connectivity index (χ4n) is 4.04. The molecule has 0 saturated carbocycles. The molecule has 9 nitrogen and oxygen atoms in total. The van der Waals surface area contributed by atoms with E-state index in [-0.39, 0.29) is 28.8 Å². The van der Waals surface area contributed by atoms with Crippen molar-refractivity contribution in [1.29, 1.82) is 0 Å². The maximum absolute atomic E-state index is 14.1. The number of sulfonamides is 1. The van der Waals surface area contributed by atoms with Gasteiger partial charge in [0.05, 0.1) is 24.8 Å². The Morgan fingerprint density at radius 1 is 0.976 bits per heavy atom. The summed E-state index contributed by atoms with van der Waals surface area (Å²) >= 11 is 12.5. The van der Waals surface area contributed by atoms with E-state index in [0.717, 1.165) is 4.31 Å². The summed E-state index contributed by atoms with van der Waals surface area (Å²) in [6.07, 6.45) is 0.703. The molecule has 3 aromatic rings. The van der Waals surface area contributed by atoms with Gasteiger partial charge in [0.25, 0.3) is 10.0 Å². The number of carbonyl (C=O) groups excluding carboxylic acids is 2. The molecule has 0 unspecified atom stereocenters. The van der Waals surface area contributed by atoms with Crippen molar-refractivity contribution in [2.45, 2.75) is 37.8 Å². The fourth-order valence-corrected chi connectivity index (χ4v) is 5.94. The van der Waals surface area contributed by atoms with E-state index >= 15 is 0 Å². The largest absolute Gasteiger partial charge is 0.497 e. The Morgan fingerprint density at radius 3 is 2.29 bits per heavy atom. The molecule has 1 atom stereocenters. The van der Waals surface area contributed by atoms with Crippen LogP contribution in [0, 0.1) is 0 Å². The number of methoxy groups -OCH3 is 2. The van der Waals surface area contributed by atoms with Crippen LogP contribution in [-0.2, 0) is 26.2 Å². The summed E-state index contributed by atoms with van der Waals surface area (Å²) < 4.78 is 39.8. The van der Waals surface area contributed by atoms with E-state index in [4.69, 9.17) is 32.7 Å². The molecule has 0 aromatic heterocycles. The Balaban J connectivity index is 2.12. The third-order valence-corrected chi connectivity index (χ3v) is 8.70. The summed E-state index contributed by atoms with van der Waals surface area (Å²) in [5.41, 5.74) is 0.632. The molecule has 0 spiro atoms. The first-order chi connectivity index (χ1) is 19.5. The topological polar surface area (TPSA) is 105 Å². The van der Waals surface area contributed by atoms with Gasteiger partial charge >= 0.3 is 0 Å². The predicted octanol–water partition coefficient (Wildman–Crippen LogP) is 5.15. The van der Waals surface area contributed by atoms with Crippen LogP contribution in [0.1, 0.15) is 25.8 Å². The number of benzene rings is 3. The molecule has 0 aliphatic heterocycles. The molecule has 0 fully saturated rings. The van der Waals surface area contributed by atoms with E-state index in [9.17, 15) is 18.0 Å². The standard InChI is InChI=1S/C29H33Cl2N3O6S/c1-5-15-32-29(36)20(2)33(18-21-11-12-22(30)16-25(21)31)28(35)19-34(41(37,38)24-9-7-6-8-10-24)26-17-23(39-3)13-14-27(26)40-4/h6-14,16-17,20H,5,15,18-19H2,1-4H3,(H,32,36)/t20-/m1/s1. The van der Waals surface area contributed by atoms with Crippen molar-refractivity contribution in [3.63, 3.8) is 0 Å². The maximum Gasteiger partial charge on any atom is 0.264 e. The number of nitrogens with zero attached hydrogens (tertiary/aromatic N) is 2. The van der Waals surface area contributed by atoms with Gasteiger partial charge in [-0.1, -0.05) is 54.4 Å². The Kier molecular flexibility index (Phi) is 11.3. The molecule has 0 saturated heterocycles. The van der Waals surface area contributed by atoms with Gasteiger partial charge in [0, 0.05) is 29.2 Å². The first-order valence-electron chi connectivity index (χ1n) is 12.8. The maximum atomic E-state index is 14.1. The highest BCUT2D eigenvalue weighted by molar-refractivity contribution is 7.92. The summed E-state index contributed by atoms with van der Waals surface area (Å²) in [5, 5.41) is 3.51. The Hall–Kier alpha value is -3.47. The van der Waals surface area contributed by atoms with E-state index in [0.29, 0.717) is 34.3 Å². The highest BCUT2D eigenvalue weighted by Crippen LogP contribution is 2.36. The van der Waals surface area contributed by atoms with E-state index in [2.05, 4.69) is 5.32 Å². The summed E-state index contributed by atoms with van der Waals surface area (Å²) in [4.78, 5) is 28.3. The molecule has 0 aliphatic rings. The number of amides is 2. The Bertz CT molecular complexity index is 1470. The molecule has 3 rings (SSSR count). The van der Waals surface area contributed by atoms with Gasteiger partial charge in [-0.3, -0.25) is 13.9 Å². The van der Waals surface area contributed by atoms with E-state index < -0.39 is 28.5 Å². The summed E-state index contributed by atoms with van der Waals surface area (Å²) in [6, 6.07) is 16.3. The molecule has 41 heavy (non-hydrogen) atoms. The first kappa shape index (κ1) is 32.0. The zero-order chi connectivity index (χ0) is 30.2. The minimum absolute atomic E-state index is 0.0290. The second-order valence-electron chi connectivity index (χ2n) is 9.09. The predicted molar refractivity (Wildman–Crippen MR) is 160 cm³/mol. The normalized spacial score (nSPS) is 11.9. The van der Waals surface area contributed by atoms with Crippen LogP contribution in [0.4, 0.5) is 5.69 Å². The second-order valence-corrected chi connectivity index (χ2v) is 11.8. The number of hydrogen-bond donors (Lipinski definition) is 1. The van der Waals surface area contributed by atoms with Gasteiger partial charge in [0.1, 0.15) is 24.1 Å². The minimum atomic E-state index is -4.28. The third kappa shape index (κ3) is 7.84. The number of nitrogens with one attached hydrogen (secondary N) is 1. The quantitative estimate of drug-likeness (QED) is 0.283. The van der Waals surface area contributed by atoms with Gasteiger partial charge in [0.2, 0.25) is 11.8 Å². The van der Waals surface area contributed by atoms with Crippen LogP contribution >= 0.6 is 23.2 Å². The molecule has 2 amide bonds. The smallest absolute Gasteiger partial charge is 0.264 e. The molecule has 0 heterocycles. The lowest BCUT2D eigenvalue weighted by atomic mass is 10.1. The van der Waals surface area contributed by atoms with Gasteiger partial charge in [-0.25, -0.2) is 8.42 Å². The lowest BCUT2D eigenvalue weighted by Crippen LogP contribution is -2.51. The van der Waals surface area contributed by atoms with Crippen molar-refractivity contribution in [3.8, 4) is 11.5 Å². The highest BCUT2D eigenvalue weighted by Gasteiger charge is 2.34. The van der Waals surface area contributed by atoms with Crippen LogP contribution < -0.4 is 19.1 Å². The number of carbonyl (C=O) groups is 2. The average molecular weight is 623 g/mol. The lowest BCUT2D eigenvalue weighted by Gasteiger charge is -2.32. The molecule has 0 bridgehead atoms. The summed E-state index contributed by atoms with van der Waals surface area (Å²) in [6.45, 7) is 3.20. The van der Waals surface area contributed by atoms with Crippen LogP contribution in [0.25, 0.3) is 0 Å². The molecule has 1 N–H and O–H groups in total. The molecular formula is C29H33Cl2N3O6S. The summed E-state index contributed by atoms with van der Waals surface area (Å²) in [7, 11) is -1.44. The zero-order valence-electron chi connectivity index (χ0n) is 23.3. The van der Waals surface area contributed by atoms with Crippen molar-refractivity contribution in [3.05, 3.63) is 82.3 Å². The van der Waals surface area contributed by atoms with Crippen LogP contribution in [-0.4, -0.2) is 58.5 Å². The van der Waals surface area contributed by atoms with Gasteiger partial charge in [-0.15, -0.1) is 0 Å². The van der Waals surface area contributed by atoms with Crippen molar-refractivity contribution >= 4 is 50.7 Å². The van der Waals surface area contributed by atoms with Crippen molar-refractivity contribution < 1.29 is 27.5 Å². The van der Waals surface area contributed by atoms with Crippen LogP contribution in [0.15, 0.2) is 71.6 Å². The van der Waals surface area contributed by atoms with Crippen LogP contribution in [0.2, 0.25) is 10.0 Å².